The minimum Gasteiger partial charge on any atom is -0.356 e. The van der Waals surface area contributed by atoms with Gasteiger partial charge >= 0.3 is 0 Å². The average Bonchev–Trinajstić information content (AvgIpc) is 2.51. The third kappa shape index (κ3) is 11.9. The van der Waals surface area contributed by atoms with Crippen LogP contribution in [0.3, 0.4) is 0 Å². The number of hydrogen-bond donors (Lipinski definition) is 2. The minimum atomic E-state index is -0.0993. The zero-order valence-electron chi connectivity index (χ0n) is 17.0. The van der Waals surface area contributed by atoms with E-state index in [9.17, 15) is 14.4 Å². The monoisotopic (exact) mass is 354 g/mol. The van der Waals surface area contributed by atoms with Gasteiger partial charge < -0.3 is 10.6 Å². The molecule has 0 bridgehead atoms. The Bertz CT molecular complexity index is 417. The SMILES string of the molecule is CC(C)NC(CCCCNC(=O)CCCC(=O)C(C)C)C(=O)C(C)C. The van der Waals surface area contributed by atoms with Gasteiger partial charge in [-0.05, 0) is 25.7 Å². The first kappa shape index (κ1) is 23.8. The van der Waals surface area contributed by atoms with Crippen molar-refractivity contribution in [2.24, 2.45) is 11.8 Å². The van der Waals surface area contributed by atoms with Crippen LogP contribution in [0.2, 0.25) is 0 Å². The summed E-state index contributed by atoms with van der Waals surface area (Å²) in [5, 5.41) is 6.24. The molecule has 0 rings (SSSR count). The lowest BCUT2D eigenvalue weighted by Gasteiger charge is -2.22. The summed E-state index contributed by atoms with van der Waals surface area (Å²) in [6, 6.07) is 0.179. The van der Waals surface area contributed by atoms with Crippen molar-refractivity contribution in [1.29, 1.82) is 0 Å². The molecule has 146 valence electrons. The Morgan fingerprint density at radius 1 is 0.800 bits per heavy atom. The Morgan fingerprint density at radius 3 is 1.96 bits per heavy atom. The van der Waals surface area contributed by atoms with Gasteiger partial charge in [-0.1, -0.05) is 41.5 Å². The van der Waals surface area contributed by atoms with E-state index in [-0.39, 0.29) is 41.4 Å². The highest BCUT2D eigenvalue weighted by Gasteiger charge is 2.21. The van der Waals surface area contributed by atoms with Crippen LogP contribution in [0.1, 0.15) is 80.1 Å². The van der Waals surface area contributed by atoms with Crippen LogP contribution in [-0.4, -0.2) is 36.1 Å². The van der Waals surface area contributed by atoms with Crippen molar-refractivity contribution in [2.45, 2.75) is 92.2 Å². The van der Waals surface area contributed by atoms with Crippen molar-refractivity contribution in [3.63, 3.8) is 0 Å². The number of ketones is 2. The molecule has 0 aliphatic carbocycles. The highest BCUT2D eigenvalue weighted by molar-refractivity contribution is 5.85. The molecule has 0 saturated carbocycles. The maximum atomic E-state index is 12.2. The quantitative estimate of drug-likeness (QED) is 0.470. The molecule has 2 N–H and O–H groups in total. The van der Waals surface area contributed by atoms with Crippen LogP contribution in [0, 0.1) is 11.8 Å². The smallest absolute Gasteiger partial charge is 0.220 e. The number of carbonyl (C=O) groups is 3. The molecule has 5 heteroatoms. The first-order chi connectivity index (χ1) is 11.6. The normalized spacial score (nSPS) is 12.7. The maximum absolute atomic E-state index is 12.2. The predicted molar refractivity (Wildman–Crippen MR) is 102 cm³/mol. The molecule has 0 saturated heterocycles. The van der Waals surface area contributed by atoms with Crippen molar-refractivity contribution < 1.29 is 14.4 Å². The summed E-state index contributed by atoms with van der Waals surface area (Å²) in [7, 11) is 0. The molecule has 0 fully saturated rings. The molecular weight excluding hydrogens is 316 g/mol. The summed E-state index contributed by atoms with van der Waals surface area (Å²) in [6.07, 6.45) is 4.06. The molecule has 0 aromatic heterocycles. The maximum Gasteiger partial charge on any atom is 0.220 e. The topological polar surface area (TPSA) is 75.3 Å². The highest BCUT2D eigenvalue weighted by atomic mass is 16.1. The Morgan fingerprint density at radius 2 is 1.44 bits per heavy atom. The van der Waals surface area contributed by atoms with E-state index in [4.69, 9.17) is 0 Å². The summed E-state index contributed by atoms with van der Waals surface area (Å²) in [5.41, 5.74) is 0. The molecule has 0 aromatic rings. The van der Waals surface area contributed by atoms with E-state index in [1.54, 1.807) is 0 Å². The number of hydrogen-bond acceptors (Lipinski definition) is 4. The summed E-state index contributed by atoms with van der Waals surface area (Å²) in [5.74, 6) is 0.555. The Balaban J connectivity index is 3.92. The number of unbranched alkanes of at least 4 members (excludes halogenated alkanes) is 1. The summed E-state index contributed by atoms with van der Waals surface area (Å²) in [4.78, 5) is 35.5. The van der Waals surface area contributed by atoms with Crippen LogP contribution < -0.4 is 10.6 Å². The fourth-order valence-corrected chi connectivity index (χ4v) is 2.61. The Kier molecular flexibility index (Phi) is 12.4. The lowest BCUT2D eigenvalue weighted by Crippen LogP contribution is -2.42. The van der Waals surface area contributed by atoms with Gasteiger partial charge in [0, 0.05) is 37.3 Å². The van der Waals surface area contributed by atoms with Crippen molar-refractivity contribution >= 4 is 17.5 Å². The number of Topliss-reactive ketones (excluding diaryl/α,β-unsaturated/α-hetero) is 2. The van der Waals surface area contributed by atoms with Crippen LogP contribution in [-0.2, 0) is 14.4 Å². The van der Waals surface area contributed by atoms with Crippen LogP contribution in [0.25, 0.3) is 0 Å². The Hall–Kier alpha value is -1.23. The van der Waals surface area contributed by atoms with E-state index >= 15 is 0 Å². The number of nitrogens with one attached hydrogen (secondary N) is 2. The van der Waals surface area contributed by atoms with Crippen molar-refractivity contribution in [3.8, 4) is 0 Å². The third-order valence-electron chi connectivity index (χ3n) is 4.16. The van der Waals surface area contributed by atoms with Gasteiger partial charge in [-0.3, -0.25) is 14.4 Å². The second-order valence-corrected chi connectivity index (χ2v) is 7.75. The summed E-state index contributed by atoms with van der Waals surface area (Å²) >= 11 is 0. The van der Waals surface area contributed by atoms with E-state index in [1.165, 1.54) is 0 Å². The second-order valence-electron chi connectivity index (χ2n) is 7.75. The van der Waals surface area contributed by atoms with Gasteiger partial charge in [-0.15, -0.1) is 0 Å². The predicted octanol–water partition coefficient (Wildman–Crippen LogP) is 3.26. The summed E-state index contributed by atoms with van der Waals surface area (Å²) in [6.45, 7) is 12.3. The lowest BCUT2D eigenvalue weighted by atomic mass is 9.96. The average molecular weight is 355 g/mol. The molecule has 0 radical (unpaired) electrons. The molecule has 0 aromatic carbocycles. The van der Waals surface area contributed by atoms with Crippen molar-refractivity contribution in [2.75, 3.05) is 6.54 Å². The third-order valence-corrected chi connectivity index (χ3v) is 4.16. The van der Waals surface area contributed by atoms with Crippen molar-refractivity contribution in [3.05, 3.63) is 0 Å². The molecule has 0 aliphatic heterocycles. The first-order valence-corrected chi connectivity index (χ1v) is 9.74. The van der Waals surface area contributed by atoms with Crippen LogP contribution in [0.4, 0.5) is 0 Å². The van der Waals surface area contributed by atoms with Gasteiger partial charge in [0.1, 0.15) is 5.78 Å². The molecule has 0 heterocycles. The molecule has 0 spiro atoms. The zero-order valence-corrected chi connectivity index (χ0v) is 17.0. The van der Waals surface area contributed by atoms with Crippen LogP contribution >= 0.6 is 0 Å². The Labute approximate surface area is 153 Å². The van der Waals surface area contributed by atoms with Crippen LogP contribution in [0.5, 0.6) is 0 Å². The number of rotatable bonds is 14. The van der Waals surface area contributed by atoms with Crippen molar-refractivity contribution in [1.82, 2.24) is 10.6 Å². The fraction of sp³-hybridized carbons (Fsp3) is 0.850. The van der Waals surface area contributed by atoms with E-state index < -0.39 is 0 Å². The number of carbonyl (C=O) groups excluding carboxylic acids is 3. The fourth-order valence-electron chi connectivity index (χ4n) is 2.61. The lowest BCUT2D eigenvalue weighted by molar-refractivity contribution is -0.125. The molecular formula is C20H38N2O3. The van der Waals surface area contributed by atoms with Gasteiger partial charge in [0.25, 0.3) is 0 Å². The highest BCUT2D eigenvalue weighted by Crippen LogP contribution is 2.09. The van der Waals surface area contributed by atoms with Gasteiger partial charge in [-0.2, -0.15) is 0 Å². The van der Waals surface area contributed by atoms with Crippen LogP contribution in [0.15, 0.2) is 0 Å². The second kappa shape index (κ2) is 13.0. The van der Waals surface area contributed by atoms with Gasteiger partial charge in [0.2, 0.25) is 5.91 Å². The van der Waals surface area contributed by atoms with E-state index in [2.05, 4.69) is 10.6 Å². The summed E-state index contributed by atoms with van der Waals surface area (Å²) < 4.78 is 0. The zero-order chi connectivity index (χ0) is 19.4. The molecule has 1 amide bonds. The van der Waals surface area contributed by atoms with Gasteiger partial charge in [0.15, 0.2) is 5.78 Å². The molecule has 0 aliphatic rings. The van der Waals surface area contributed by atoms with Gasteiger partial charge in [0.05, 0.1) is 6.04 Å². The standard InChI is InChI=1S/C20H38N2O3/c1-14(2)18(23)11-9-12-19(24)21-13-8-7-10-17(22-16(5)6)20(25)15(3)4/h14-17,22H,7-13H2,1-6H3,(H,21,24). The molecule has 25 heavy (non-hydrogen) atoms. The van der Waals surface area contributed by atoms with E-state index in [1.807, 2.05) is 41.5 Å². The molecule has 1 unspecified atom stereocenters. The largest absolute Gasteiger partial charge is 0.356 e. The van der Waals surface area contributed by atoms with E-state index in [0.29, 0.717) is 25.8 Å². The molecule has 5 nitrogen and oxygen atoms in total. The van der Waals surface area contributed by atoms with Gasteiger partial charge in [-0.25, -0.2) is 0 Å². The van der Waals surface area contributed by atoms with E-state index in [0.717, 1.165) is 19.3 Å². The number of amides is 1. The molecule has 1 atom stereocenters. The minimum absolute atomic E-state index is 0.00617. The first-order valence-electron chi connectivity index (χ1n) is 9.74.